The molecule has 1 aliphatic heterocycles. The number of ether oxygens (including phenoxy) is 1. The van der Waals surface area contributed by atoms with Crippen LogP contribution in [0.1, 0.15) is 36.7 Å². The summed E-state index contributed by atoms with van der Waals surface area (Å²) < 4.78 is 4.55. The Hall–Kier alpha value is -2.44. The van der Waals surface area contributed by atoms with Crippen LogP contribution in [0.3, 0.4) is 0 Å². The molecule has 1 aromatic carbocycles. The van der Waals surface area contributed by atoms with E-state index in [-0.39, 0.29) is 17.2 Å². The van der Waals surface area contributed by atoms with Crippen LogP contribution in [0, 0.1) is 10.1 Å². The van der Waals surface area contributed by atoms with E-state index >= 15 is 0 Å². The van der Waals surface area contributed by atoms with Crippen molar-refractivity contribution < 1.29 is 19.2 Å². The Morgan fingerprint density at radius 1 is 1.40 bits per heavy atom. The highest BCUT2D eigenvalue weighted by atomic mass is 16.6. The van der Waals surface area contributed by atoms with Crippen LogP contribution >= 0.6 is 0 Å². The number of nitrogens with one attached hydrogen (secondary N) is 1. The molecule has 0 unspecified atom stereocenters. The molecule has 7 heteroatoms. The van der Waals surface area contributed by atoms with Crippen LogP contribution in [0.15, 0.2) is 18.2 Å². The van der Waals surface area contributed by atoms with Gasteiger partial charge in [0.15, 0.2) is 0 Å². The number of nitrogens with zero attached hydrogens (tertiary/aromatic N) is 1. The first kappa shape index (κ1) is 15.6. The van der Waals surface area contributed by atoms with Crippen molar-refractivity contribution in [1.82, 2.24) is 5.32 Å². The number of nitro groups is 1. The Kier molecular flexibility index (Phi) is 4.79. The van der Waals surface area contributed by atoms with Crippen molar-refractivity contribution in [2.45, 2.75) is 32.9 Å². The van der Waals surface area contributed by atoms with Gasteiger partial charge in [0, 0.05) is 18.7 Å². The molecule has 1 aliphatic rings. The zero-order valence-corrected chi connectivity index (χ0v) is 11.5. The van der Waals surface area contributed by atoms with E-state index in [1.807, 2.05) is 20.8 Å². The van der Waals surface area contributed by atoms with Crippen LogP contribution in [-0.2, 0) is 16.1 Å². The number of nitro benzene ring substituents is 1. The topological polar surface area (TPSA) is 98.5 Å². The lowest BCUT2D eigenvalue weighted by atomic mass is 10.1. The van der Waals surface area contributed by atoms with E-state index in [0.717, 1.165) is 5.56 Å². The van der Waals surface area contributed by atoms with Crippen LogP contribution in [0.2, 0.25) is 0 Å². The molecule has 0 bridgehead atoms. The van der Waals surface area contributed by atoms with Gasteiger partial charge in [-0.3, -0.25) is 19.7 Å². The summed E-state index contributed by atoms with van der Waals surface area (Å²) >= 11 is 0. The third-order valence-electron chi connectivity index (χ3n) is 2.39. The minimum atomic E-state index is -0.508. The van der Waals surface area contributed by atoms with E-state index in [2.05, 4.69) is 10.1 Å². The molecule has 2 rings (SSSR count). The Labute approximate surface area is 116 Å². The molecular formula is C13H16N2O5. The van der Waals surface area contributed by atoms with Crippen LogP contribution in [0.25, 0.3) is 0 Å². The monoisotopic (exact) mass is 280 g/mol. The molecule has 0 aromatic heterocycles. The first-order valence-electron chi connectivity index (χ1n) is 5.91. The van der Waals surface area contributed by atoms with Gasteiger partial charge in [-0.15, -0.1) is 0 Å². The van der Waals surface area contributed by atoms with Crippen molar-refractivity contribution in [3.63, 3.8) is 0 Å². The maximum absolute atomic E-state index is 11.1. The lowest BCUT2D eigenvalue weighted by Crippen LogP contribution is -2.17. The van der Waals surface area contributed by atoms with Crippen molar-refractivity contribution in [2.75, 3.05) is 0 Å². The number of benzene rings is 1. The van der Waals surface area contributed by atoms with E-state index in [9.17, 15) is 19.7 Å². The largest absolute Gasteiger partial charge is 0.462 e. The van der Waals surface area contributed by atoms with Gasteiger partial charge < -0.3 is 10.1 Å². The fourth-order valence-corrected chi connectivity index (χ4v) is 1.46. The Morgan fingerprint density at radius 2 is 2.05 bits per heavy atom. The number of fused-ring (bicyclic) bond motifs is 1. The molecule has 0 aliphatic carbocycles. The number of carbonyl (C=O) groups is 2. The summed E-state index contributed by atoms with van der Waals surface area (Å²) in [5.41, 5.74) is 0.863. The zero-order valence-electron chi connectivity index (χ0n) is 11.5. The molecule has 0 atom stereocenters. The molecule has 1 N–H and O–H groups in total. The van der Waals surface area contributed by atoms with Crippen LogP contribution < -0.4 is 5.32 Å². The second-order valence-electron chi connectivity index (χ2n) is 5.11. The van der Waals surface area contributed by atoms with E-state index in [1.54, 1.807) is 6.07 Å². The molecule has 1 amide bonds. The van der Waals surface area contributed by atoms with Crippen molar-refractivity contribution in [1.29, 1.82) is 0 Å². The summed E-state index contributed by atoms with van der Waals surface area (Å²) in [6, 6.07) is 4.31. The highest BCUT2D eigenvalue weighted by Crippen LogP contribution is 2.21. The minimum absolute atomic E-state index is 0.0456. The maximum Gasteiger partial charge on any atom is 0.293 e. The van der Waals surface area contributed by atoms with Crippen molar-refractivity contribution in [3.8, 4) is 0 Å². The van der Waals surface area contributed by atoms with Gasteiger partial charge in [0.1, 0.15) is 5.60 Å². The van der Waals surface area contributed by atoms with Crippen molar-refractivity contribution in [3.05, 3.63) is 39.4 Å². The second kappa shape index (κ2) is 6.14. The SMILES string of the molecule is CC(C)(C)OC=O.O=C1NCc2ccc([N+](=O)[O-])cc21. The smallest absolute Gasteiger partial charge is 0.293 e. The molecule has 108 valence electrons. The molecule has 7 nitrogen and oxygen atoms in total. The predicted molar refractivity (Wildman–Crippen MR) is 71.2 cm³/mol. The summed E-state index contributed by atoms with van der Waals surface area (Å²) in [7, 11) is 0. The number of rotatable bonds is 2. The maximum atomic E-state index is 11.1. The van der Waals surface area contributed by atoms with E-state index in [4.69, 9.17) is 0 Å². The molecule has 0 saturated heterocycles. The van der Waals surface area contributed by atoms with Crippen LogP contribution in [-0.4, -0.2) is 22.9 Å². The highest BCUT2D eigenvalue weighted by Gasteiger charge is 2.21. The Balaban J connectivity index is 0.000000246. The van der Waals surface area contributed by atoms with Gasteiger partial charge in [0.25, 0.3) is 18.1 Å². The summed E-state index contributed by atoms with van der Waals surface area (Å²) in [4.78, 5) is 30.6. The second-order valence-corrected chi connectivity index (χ2v) is 5.11. The minimum Gasteiger partial charge on any atom is -0.462 e. The average Bonchev–Trinajstić information content (AvgIpc) is 2.70. The summed E-state index contributed by atoms with van der Waals surface area (Å²) in [6.45, 7) is 6.39. The van der Waals surface area contributed by atoms with Gasteiger partial charge >= 0.3 is 0 Å². The number of non-ortho nitro benzene ring substituents is 1. The van der Waals surface area contributed by atoms with Crippen molar-refractivity contribution >= 4 is 18.1 Å². The number of hydrogen-bond acceptors (Lipinski definition) is 5. The van der Waals surface area contributed by atoms with Crippen LogP contribution in [0.4, 0.5) is 5.69 Å². The molecule has 0 radical (unpaired) electrons. The van der Waals surface area contributed by atoms with Gasteiger partial charge in [0.05, 0.1) is 10.5 Å². The lowest BCUT2D eigenvalue weighted by molar-refractivity contribution is -0.384. The number of carbonyl (C=O) groups excluding carboxylic acids is 2. The molecule has 1 aromatic rings. The molecule has 0 saturated carbocycles. The fraction of sp³-hybridized carbons (Fsp3) is 0.385. The molecular weight excluding hydrogens is 264 g/mol. The van der Waals surface area contributed by atoms with Gasteiger partial charge in [-0.1, -0.05) is 0 Å². The fourth-order valence-electron chi connectivity index (χ4n) is 1.46. The number of hydrogen-bond donors (Lipinski definition) is 1. The highest BCUT2D eigenvalue weighted by molar-refractivity contribution is 5.98. The number of amides is 1. The van der Waals surface area contributed by atoms with E-state index in [0.29, 0.717) is 18.6 Å². The standard InChI is InChI=1S/C8H6N2O3.C5H10O2/c11-8-7-3-6(10(12)13)2-1-5(7)4-9-8;1-5(2,3)7-4-6/h1-3H,4H2,(H,9,11);4H,1-3H3. The first-order valence-corrected chi connectivity index (χ1v) is 5.91. The Bertz CT molecular complexity index is 534. The third kappa shape index (κ3) is 4.34. The normalized spacial score (nSPS) is 12.7. The molecule has 20 heavy (non-hydrogen) atoms. The summed E-state index contributed by atoms with van der Waals surface area (Å²) in [6.07, 6.45) is 0. The van der Waals surface area contributed by atoms with Gasteiger partial charge in [-0.2, -0.15) is 0 Å². The molecule has 1 heterocycles. The Morgan fingerprint density at radius 3 is 2.50 bits per heavy atom. The zero-order chi connectivity index (χ0) is 15.3. The first-order chi connectivity index (χ1) is 9.24. The van der Waals surface area contributed by atoms with Crippen LogP contribution in [0.5, 0.6) is 0 Å². The molecule has 0 spiro atoms. The van der Waals surface area contributed by atoms with Gasteiger partial charge in [-0.25, -0.2) is 0 Å². The van der Waals surface area contributed by atoms with Gasteiger partial charge in [-0.05, 0) is 32.4 Å². The summed E-state index contributed by atoms with van der Waals surface area (Å²) in [5.74, 6) is -0.237. The quantitative estimate of drug-likeness (QED) is 0.506. The van der Waals surface area contributed by atoms with Crippen molar-refractivity contribution in [2.24, 2.45) is 0 Å². The predicted octanol–water partition coefficient (Wildman–Crippen LogP) is 1.80. The third-order valence-corrected chi connectivity index (χ3v) is 2.39. The van der Waals surface area contributed by atoms with E-state index in [1.165, 1.54) is 12.1 Å². The summed E-state index contributed by atoms with van der Waals surface area (Å²) in [5, 5.41) is 13.0. The van der Waals surface area contributed by atoms with Gasteiger partial charge in [0.2, 0.25) is 0 Å². The lowest BCUT2D eigenvalue weighted by Gasteiger charge is -2.14. The molecule has 0 fully saturated rings. The van der Waals surface area contributed by atoms with E-state index < -0.39 is 4.92 Å². The average molecular weight is 280 g/mol.